The van der Waals surface area contributed by atoms with Crippen molar-refractivity contribution in [3.63, 3.8) is 0 Å². The fourth-order valence-corrected chi connectivity index (χ4v) is 2.11. The Labute approximate surface area is 159 Å². The van der Waals surface area contributed by atoms with E-state index < -0.39 is 12.6 Å². The summed E-state index contributed by atoms with van der Waals surface area (Å²) in [7, 11) is 0. The van der Waals surface area contributed by atoms with Crippen LogP contribution in [0.1, 0.15) is 13.8 Å². The maximum atomic E-state index is 8.34. The van der Waals surface area contributed by atoms with Crippen molar-refractivity contribution in [1.82, 2.24) is 0 Å². The molecule has 0 amide bonds. The van der Waals surface area contributed by atoms with Gasteiger partial charge in [0.1, 0.15) is 23.0 Å². The van der Waals surface area contributed by atoms with E-state index in [0.717, 1.165) is 23.0 Å². The van der Waals surface area contributed by atoms with Crippen molar-refractivity contribution in [2.45, 2.75) is 26.4 Å². The molecule has 0 aliphatic carbocycles. The molecule has 0 fully saturated rings. The molecule has 5 heteroatoms. The van der Waals surface area contributed by atoms with E-state index in [0.29, 0.717) is 0 Å². The fourth-order valence-electron chi connectivity index (χ4n) is 2.11. The summed E-state index contributed by atoms with van der Waals surface area (Å²) in [5, 5.41) is 16.7. The molecule has 0 aromatic heterocycles. The largest absolute Gasteiger partial charge is 0.457 e. The van der Waals surface area contributed by atoms with Crippen molar-refractivity contribution < 1.29 is 24.4 Å². The van der Waals surface area contributed by atoms with E-state index in [-0.39, 0.29) is 0 Å². The van der Waals surface area contributed by atoms with Crippen LogP contribution in [-0.2, 0) is 4.74 Å². The molecule has 0 radical (unpaired) electrons. The average molecular weight is 368 g/mol. The maximum Gasteiger partial charge on any atom is 0.154 e. The molecular weight excluding hydrogens is 344 g/mol. The third-order valence-electron chi connectivity index (χ3n) is 3.18. The standard InChI is InChI=1S/C18H14O2.C4H10O3/c1-3-7-15(8-4-1)19-17-11-13-18(14-12-17)20-16-9-5-2-6-10-16;1-3(5)7-4(2)6/h1-14H;3-6H,1-2H3. The smallest absolute Gasteiger partial charge is 0.154 e. The first-order chi connectivity index (χ1) is 13.0. The first-order valence-electron chi connectivity index (χ1n) is 8.60. The van der Waals surface area contributed by atoms with Gasteiger partial charge in [-0.15, -0.1) is 0 Å². The van der Waals surface area contributed by atoms with Gasteiger partial charge in [0.25, 0.3) is 0 Å². The minimum Gasteiger partial charge on any atom is -0.457 e. The fraction of sp³-hybridized carbons (Fsp3) is 0.182. The number of hydrogen-bond acceptors (Lipinski definition) is 5. The number of rotatable bonds is 6. The monoisotopic (exact) mass is 368 g/mol. The molecule has 0 saturated carbocycles. The van der Waals surface area contributed by atoms with Crippen molar-refractivity contribution >= 4 is 0 Å². The molecule has 27 heavy (non-hydrogen) atoms. The van der Waals surface area contributed by atoms with E-state index in [1.807, 2.05) is 84.9 Å². The molecule has 2 unspecified atom stereocenters. The van der Waals surface area contributed by atoms with Crippen molar-refractivity contribution in [1.29, 1.82) is 0 Å². The number of ether oxygens (including phenoxy) is 3. The number of benzene rings is 3. The highest BCUT2D eigenvalue weighted by Gasteiger charge is 1.99. The molecule has 0 aliphatic heterocycles. The third-order valence-corrected chi connectivity index (χ3v) is 3.18. The Morgan fingerprint density at radius 1 is 0.519 bits per heavy atom. The van der Waals surface area contributed by atoms with Gasteiger partial charge in [0.05, 0.1) is 0 Å². The predicted molar refractivity (Wildman–Crippen MR) is 104 cm³/mol. The first kappa shape index (κ1) is 20.5. The molecule has 0 spiro atoms. The van der Waals surface area contributed by atoms with Crippen LogP contribution >= 0.6 is 0 Å². The number of aliphatic hydroxyl groups excluding tert-OH is 2. The van der Waals surface area contributed by atoms with Crippen LogP contribution < -0.4 is 9.47 Å². The van der Waals surface area contributed by atoms with Gasteiger partial charge in [-0.3, -0.25) is 0 Å². The summed E-state index contributed by atoms with van der Waals surface area (Å²) in [6, 6.07) is 27.0. The van der Waals surface area contributed by atoms with E-state index in [1.54, 1.807) is 0 Å². The molecule has 2 N–H and O–H groups in total. The lowest BCUT2D eigenvalue weighted by Crippen LogP contribution is -2.14. The highest BCUT2D eigenvalue weighted by molar-refractivity contribution is 5.37. The van der Waals surface area contributed by atoms with Gasteiger partial charge in [-0.25, -0.2) is 0 Å². The van der Waals surface area contributed by atoms with Gasteiger partial charge in [0.15, 0.2) is 12.6 Å². The van der Waals surface area contributed by atoms with E-state index in [1.165, 1.54) is 13.8 Å². The molecule has 3 aromatic rings. The summed E-state index contributed by atoms with van der Waals surface area (Å²) < 4.78 is 15.8. The number of para-hydroxylation sites is 2. The molecule has 0 heterocycles. The Hall–Kier alpha value is -2.86. The second-order valence-corrected chi connectivity index (χ2v) is 5.64. The normalized spacial score (nSPS) is 12.3. The van der Waals surface area contributed by atoms with Crippen LogP contribution in [-0.4, -0.2) is 22.8 Å². The number of hydrogen-bond donors (Lipinski definition) is 2. The van der Waals surface area contributed by atoms with E-state index in [2.05, 4.69) is 4.74 Å². The molecule has 5 nitrogen and oxygen atoms in total. The lowest BCUT2D eigenvalue weighted by atomic mass is 10.3. The van der Waals surface area contributed by atoms with Gasteiger partial charge in [0.2, 0.25) is 0 Å². The lowest BCUT2D eigenvalue weighted by Gasteiger charge is -2.08. The molecule has 3 aromatic carbocycles. The van der Waals surface area contributed by atoms with E-state index >= 15 is 0 Å². The maximum absolute atomic E-state index is 8.34. The Morgan fingerprint density at radius 3 is 1.07 bits per heavy atom. The molecule has 0 aliphatic rings. The highest BCUT2D eigenvalue weighted by atomic mass is 16.7. The predicted octanol–water partition coefficient (Wildman–Crippen LogP) is 4.95. The van der Waals surface area contributed by atoms with Gasteiger partial charge in [-0.1, -0.05) is 36.4 Å². The topological polar surface area (TPSA) is 68.2 Å². The van der Waals surface area contributed by atoms with Gasteiger partial charge in [-0.2, -0.15) is 0 Å². The molecule has 0 bridgehead atoms. The zero-order chi connectivity index (χ0) is 19.5. The average Bonchev–Trinajstić information content (AvgIpc) is 2.64. The van der Waals surface area contributed by atoms with Crippen LogP contribution in [0.15, 0.2) is 84.9 Å². The van der Waals surface area contributed by atoms with Crippen LogP contribution in [0, 0.1) is 0 Å². The van der Waals surface area contributed by atoms with Crippen LogP contribution in [0.3, 0.4) is 0 Å². The minimum atomic E-state index is -0.875. The Bertz CT molecular complexity index is 689. The molecule has 2 atom stereocenters. The molecular formula is C22H24O5. The quantitative estimate of drug-likeness (QED) is 0.603. The summed E-state index contributed by atoms with van der Waals surface area (Å²) in [6.45, 7) is 2.87. The second-order valence-electron chi connectivity index (χ2n) is 5.64. The van der Waals surface area contributed by atoms with Gasteiger partial charge in [0, 0.05) is 0 Å². The van der Waals surface area contributed by atoms with Crippen LogP contribution in [0.2, 0.25) is 0 Å². The molecule has 142 valence electrons. The summed E-state index contributed by atoms with van der Waals surface area (Å²) in [5.41, 5.74) is 0. The SMILES string of the molecule is CC(O)OC(C)O.c1ccc(Oc2ccc(Oc3ccccc3)cc2)cc1. The Kier molecular flexibility index (Phi) is 8.32. The van der Waals surface area contributed by atoms with Crippen LogP contribution in [0.5, 0.6) is 23.0 Å². The van der Waals surface area contributed by atoms with Gasteiger partial charge < -0.3 is 24.4 Å². The molecule has 3 rings (SSSR count). The second kappa shape index (κ2) is 11.0. The summed E-state index contributed by atoms with van der Waals surface area (Å²) in [6.07, 6.45) is -1.75. The van der Waals surface area contributed by atoms with Gasteiger partial charge in [-0.05, 0) is 62.4 Å². The summed E-state index contributed by atoms with van der Waals surface area (Å²) in [4.78, 5) is 0. The Balaban J connectivity index is 0.000000321. The third kappa shape index (κ3) is 8.37. The van der Waals surface area contributed by atoms with E-state index in [4.69, 9.17) is 19.7 Å². The van der Waals surface area contributed by atoms with E-state index in [9.17, 15) is 0 Å². The molecule has 0 saturated heterocycles. The zero-order valence-electron chi connectivity index (χ0n) is 15.4. The zero-order valence-corrected chi connectivity index (χ0v) is 15.4. The number of aliphatic hydroxyl groups is 2. The summed E-state index contributed by atoms with van der Waals surface area (Å²) in [5.74, 6) is 3.22. The Morgan fingerprint density at radius 2 is 0.815 bits per heavy atom. The van der Waals surface area contributed by atoms with Gasteiger partial charge >= 0.3 is 0 Å². The van der Waals surface area contributed by atoms with Crippen LogP contribution in [0.25, 0.3) is 0 Å². The minimum absolute atomic E-state index is 0.789. The van der Waals surface area contributed by atoms with Crippen molar-refractivity contribution in [2.75, 3.05) is 0 Å². The van der Waals surface area contributed by atoms with Crippen molar-refractivity contribution in [3.8, 4) is 23.0 Å². The lowest BCUT2D eigenvalue weighted by molar-refractivity contribution is -0.190. The summed E-state index contributed by atoms with van der Waals surface area (Å²) >= 11 is 0. The van der Waals surface area contributed by atoms with Crippen molar-refractivity contribution in [2.24, 2.45) is 0 Å². The first-order valence-corrected chi connectivity index (χ1v) is 8.60. The van der Waals surface area contributed by atoms with Crippen molar-refractivity contribution in [3.05, 3.63) is 84.9 Å². The highest BCUT2D eigenvalue weighted by Crippen LogP contribution is 2.26. The van der Waals surface area contributed by atoms with Crippen LogP contribution in [0.4, 0.5) is 0 Å².